The molecule has 0 aromatic heterocycles. The fourth-order valence-electron chi connectivity index (χ4n) is 3.29. The van der Waals surface area contributed by atoms with Crippen LogP contribution in [-0.4, -0.2) is 29.2 Å². The summed E-state index contributed by atoms with van der Waals surface area (Å²) in [6.45, 7) is 1.81. The third-order valence-corrected chi connectivity index (χ3v) is 5.76. The van der Waals surface area contributed by atoms with Crippen LogP contribution >= 0.6 is 11.8 Å². The molecule has 1 heterocycles. The molecule has 0 atom stereocenters. The molecule has 5 nitrogen and oxygen atoms in total. The summed E-state index contributed by atoms with van der Waals surface area (Å²) in [5, 5.41) is 0.484. The second kappa shape index (κ2) is 10.3. The van der Waals surface area contributed by atoms with Crippen molar-refractivity contribution in [2.24, 2.45) is 4.99 Å². The van der Waals surface area contributed by atoms with Gasteiger partial charge in [0.2, 0.25) is 0 Å². The van der Waals surface area contributed by atoms with E-state index in [1.165, 1.54) is 35.7 Å². The molecule has 3 aromatic rings. The Balaban J connectivity index is 1.52. The summed E-state index contributed by atoms with van der Waals surface area (Å²) in [5.41, 5.74) is 2.22. The molecule has 0 spiro atoms. The Morgan fingerprint density at radius 1 is 1.03 bits per heavy atom. The first-order valence-corrected chi connectivity index (χ1v) is 11.3. The second-order valence-corrected chi connectivity index (χ2v) is 8.26. The van der Waals surface area contributed by atoms with Crippen LogP contribution in [0.3, 0.4) is 0 Å². The number of benzene rings is 3. The van der Waals surface area contributed by atoms with Gasteiger partial charge in [0.05, 0.1) is 17.9 Å². The normalized spacial score (nSPS) is 14.5. The van der Waals surface area contributed by atoms with Crippen molar-refractivity contribution >= 4 is 40.4 Å². The zero-order chi connectivity index (χ0) is 23.2. The molecule has 1 aliphatic rings. The standard InChI is InChI=1S/C26H21FN2O3S/c1-18(30)22-9-5-6-10-24(22)32-15-16-33-26-28-23(17-19-7-3-2-4-8-19)25(31)29(26)21-13-11-20(27)12-14-21/h2-14,17H,15-16H2,1H3/b23-17-. The van der Waals surface area contributed by atoms with Crippen LogP contribution in [-0.2, 0) is 4.79 Å². The minimum Gasteiger partial charge on any atom is -0.492 e. The average Bonchev–Trinajstić information content (AvgIpc) is 3.13. The number of hydrogen-bond acceptors (Lipinski definition) is 5. The molecule has 4 rings (SSSR count). The van der Waals surface area contributed by atoms with Gasteiger partial charge in [-0.05, 0) is 55.0 Å². The van der Waals surface area contributed by atoms with Crippen LogP contribution in [0.1, 0.15) is 22.8 Å². The Labute approximate surface area is 195 Å². The molecule has 0 unspecified atom stereocenters. The Kier molecular flexibility index (Phi) is 7.00. The van der Waals surface area contributed by atoms with Crippen LogP contribution in [0.15, 0.2) is 89.6 Å². The maximum Gasteiger partial charge on any atom is 0.283 e. The minimum absolute atomic E-state index is 0.0674. The summed E-state index contributed by atoms with van der Waals surface area (Å²) >= 11 is 1.35. The Morgan fingerprint density at radius 2 is 1.73 bits per heavy atom. The van der Waals surface area contributed by atoms with Gasteiger partial charge in [0.1, 0.15) is 17.3 Å². The molecular formula is C26H21FN2O3S. The average molecular weight is 461 g/mol. The van der Waals surface area contributed by atoms with E-state index in [2.05, 4.69) is 4.99 Å². The van der Waals surface area contributed by atoms with E-state index in [-0.39, 0.29) is 17.5 Å². The summed E-state index contributed by atoms with van der Waals surface area (Å²) in [4.78, 5) is 30.9. The van der Waals surface area contributed by atoms with E-state index in [4.69, 9.17) is 4.74 Å². The van der Waals surface area contributed by atoms with Crippen molar-refractivity contribution in [2.75, 3.05) is 17.3 Å². The van der Waals surface area contributed by atoms with E-state index in [1.807, 2.05) is 36.4 Å². The van der Waals surface area contributed by atoms with Gasteiger partial charge in [0, 0.05) is 5.75 Å². The van der Waals surface area contributed by atoms with Gasteiger partial charge in [0.25, 0.3) is 5.91 Å². The van der Waals surface area contributed by atoms with Gasteiger partial charge in [-0.15, -0.1) is 0 Å². The number of ketones is 1. The number of hydrogen-bond donors (Lipinski definition) is 0. The third-order valence-electron chi connectivity index (χ3n) is 4.86. The van der Waals surface area contributed by atoms with Crippen LogP contribution in [0.5, 0.6) is 5.75 Å². The van der Waals surface area contributed by atoms with Crippen molar-refractivity contribution in [3.05, 3.63) is 102 Å². The number of rotatable bonds is 7. The van der Waals surface area contributed by atoms with Crippen molar-refractivity contribution in [1.82, 2.24) is 0 Å². The molecule has 1 amide bonds. The maximum atomic E-state index is 13.4. The molecule has 0 radical (unpaired) electrons. The lowest BCUT2D eigenvalue weighted by Gasteiger charge is -2.18. The highest BCUT2D eigenvalue weighted by atomic mass is 32.2. The number of thioether (sulfide) groups is 1. The highest BCUT2D eigenvalue weighted by Gasteiger charge is 2.32. The Morgan fingerprint density at radius 3 is 2.45 bits per heavy atom. The number of carbonyl (C=O) groups is 2. The number of amidine groups is 1. The maximum absolute atomic E-state index is 13.4. The molecule has 33 heavy (non-hydrogen) atoms. The van der Waals surface area contributed by atoms with Crippen LogP contribution in [0.4, 0.5) is 10.1 Å². The van der Waals surface area contributed by atoms with Gasteiger partial charge in [-0.1, -0.05) is 54.2 Å². The van der Waals surface area contributed by atoms with Crippen molar-refractivity contribution in [1.29, 1.82) is 0 Å². The largest absolute Gasteiger partial charge is 0.492 e. The first-order valence-electron chi connectivity index (χ1n) is 10.3. The van der Waals surface area contributed by atoms with Gasteiger partial charge < -0.3 is 4.74 Å². The molecular weight excluding hydrogens is 439 g/mol. The van der Waals surface area contributed by atoms with Crippen LogP contribution < -0.4 is 9.64 Å². The van der Waals surface area contributed by atoms with Crippen LogP contribution in [0.25, 0.3) is 6.08 Å². The number of ether oxygens (including phenoxy) is 1. The SMILES string of the molecule is CC(=O)c1ccccc1OCCSC1=N/C(=C\c2ccccc2)C(=O)N1c1ccc(F)cc1. The molecule has 1 aliphatic heterocycles. The number of amides is 1. The van der Waals surface area contributed by atoms with Crippen molar-refractivity contribution < 1.29 is 18.7 Å². The van der Waals surface area contributed by atoms with Crippen LogP contribution in [0.2, 0.25) is 0 Å². The molecule has 166 valence electrons. The minimum atomic E-state index is -0.380. The highest BCUT2D eigenvalue weighted by molar-refractivity contribution is 8.14. The molecule has 0 N–H and O–H groups in total. The lowest BCUT2D eigenvalue weighted by molar-refractivity contribution is -0.113. The fourth-order valence-corrected chi connectivity index (χ4v) is 4.12. The topological polar surface area (TPSA) is 59.0 Å². The van der Waals surface area contributed by atoms with Gasteiger partial charge in [-0.2, -0.15) is 0 Å². The molecule has 0 fully saturated rings. The number of para-hydroxylation sites is 1. The molecule has 0 bridgehead atoms. The summed E-state index contributed by atoms with van der Waals surface area (Å²) in [6, 6.07) is 22.3. The second-order valence-electron chi connectivity index (χ2n) is 7.20. The number of anilines is 1. The Hall–Kier alpha value is -3.71. The zero-order valence-corrected chi connectivity index (χ0v) is 18.7. The first kappa shape index (κ1) is 22.5. The molecule has 0 aliphatic carbocycles. The molecule has 7 heteroatoms. The van der Waals surface area contributed by atoms with Crippen molar-refractivity contribution in [2.45, 2.75) is 6.92 Å². The van der Waals surface area contributed by atoms with E-state index < -0.39 is 0 Å². The molecule has 0 saturated carbocycles. The van der Waals surface area contributed by atoms with E-state index in [9.17, 15) is 14.0 Å². The van der Waals surface area contributed by atoms with Gasteiger partial charge >= 0.3 is 0 Å². The zero-order valence-electron chi connectivity index (χ0n) is 17.9. The predicted molar refractivity (Wildman–Crippen MR) is 130 cm³/mol. The van der Waals surface area contributed by atoms with Crippen molar-refractivity contribution in [3.8, 4) is 5.75 Å². The van der Waals surface area contributed by atoms with E-state index in [1.54, 1.807) is 36.4 Å². The highest BCUT2D eigenvalue weighted by Crippen LogP contribution is 2.30. The van der Waals surface area contributed by atoms with Crippen LogP contribution in [0, 0.1) is 5.82 Å². The van der Waals surface area contributed by atoms with Gasteiger partial charge in [0.15, 0.2) is 11.0 Å². The third kappa shape index (κ3) is 5.38. The smallest absolute Gasteiger partial charge is 0.283 e. The fraction of sp³-hybridized carbons (Fsp3) is 0.115. The number of carbonyl (C=O) groups excluding carboxylic acids is 2. The number of Topliss-reactive ketones (excluding diaryl/α,β-unsaturated/α-hetero) is 1. The molecule has 3 aromatic carbocycles. The summed E-state index contributed by atoms with van der Waals surface area (Å²) in [5.74, 6) is 0.288. The first-order chi connectivity index (χ1) is 16.0. The summed E-state index contributed by atoms with van der Waals surface area (Å²) < 4.78 is 19.2. The summed E-state index contributed by atoms with van der Waals surface area (Å²) in [6.07, 6.45) is 1.73. The van der Waals surface area contributed by atoms with E-state index >= 15 is 0 Å². The predicted octanol–water partition coefficient (Wildman–Crippen LogP) is 5.58. The monoisotopic (exact) mass is 460 g/mol. The van der Waals surface area contributed by atoms with E-state index in [0.717, 1.165) is 5.56 Å². The number of nitrogens with zero attached hydrogens (tertiary/aromatic N) is 2. The number of halogens is 1. The quantitative estimate of drug-likeness (QED) is 0.262. The Bertz CT molecular complexity index is 1220. The van der Waals surface area contributed by atoms with E-state index in [0.29, 0.717) is 40.2 Å². The van der Waals surface area contributed by atoms with Gasteiger partial charge in [-0.3, -0.25) is 14.5 Å². The number of aliphatic imine (C=N–C) groups is 1. The van der Waals surface area contributed by atoms with Gasteiger partial charge in [-0.25, -0.2) is 9.38 Å². The lowest BCUT2D eigenvalue weighted by atomic mass is 10.1. The van der Waals surface area contributed by atoms with Crippen molar-refractivity contribution in [3.63, 3.8) is 0 Å². The lowest BCUT2D eigenvalue weighted by Crippen LogP contribution is -2.30. The summed E-state index contributed by atoms with van der Waals surface area (Å²) in [7, 11) is 0. The molecule has 0 saturated heterocycles.